The molecule has 1 aromatic heterocycles. The van der Waals surface area contributed by atoms with Crippen molar-refractivity contribution in [2.24, 2.45) is 0 Å². The number of thiazole rings is 1. The van der Waals surface area contributed by atoms with Gasteiger partial charge in [0.1, 0.15) is 0 Å². The molecular weight excluding hydrogens is 262 g/mol. The number of nitrogens with zero attached hydrogens (tertiary/aromatic N) is 2. The predicted molar refractivity (Wildman–Crippen MR) is 75.6 cm³/mol. The lowest BCUT2D eigenvalue weighted by molar-refractivity contribution is -0.0153. The van der Waals surface area contributed by atoms with E-state index in [1.165, 1.54) is 0 Å². The second-order valence-electron chi connectivity index (χ2n) is 4.69. The fourth-order valence-electron chi connectivity index (χ4n) is 2.08. The van der Waals surface area contributed by atoms with E-state index in [0.717, 1.165) is 23.5 Å². The second kappa shape index (κ2) is 6.86. The van der Waals surface area contributed by atoms with E-state index in [0.29, 0.717) is 26.2 Å². The van der Waals surface area contributed by atoms with Crippen LogP contribution < -0.4 is 5.32 Å². The summed E-state index contributed by atoms with van der Waals surface area (Å²) in [7, 11) is 0. The van der Waals surface area contributed by atoms with Gasteiger partial charge in [0.2, 0.25) is 0 Å². The third kappa shape index (κ3) is 4.18. The van der Waals surface area contributed by atoms with E-state index in [2.05, 4.69) is 17.2 Å². The molecule has 1 atom stereocenters. The van der Waals surface area contributed by atoms with E-state index >= 15 is 0 Å². The zero-order valence-corrected chi connectivity index (χ0v) is 12.3. The molecular formula is C13H21N3O2S. The molecule has 0 spiro atoms. The van der Waals surface area contributed by atoms with Crippen LogP contribution in [0.4, 0.5) is 4.79 Å². The molecule has 0 saturated carbocycles. The van der Waals surface area contributed by atoms with E-state index < -0.39 is 0 Å². The molecule has 5 nitrogen and oxygen atoms in total. The van der Waals surface area contributed by atoms with Gasteiger partial charge in [-0.05, 0) is 13.3 Å². The van der Waals surface area contributed by atoms with Crippen LogP contribution in [0.25, 0.3) is 0 Å². The van der Waals surface area contributed by atoms with E-state index in [1.807, 2.05) is 17.2 Å². The van der Waals surface area contributed by atoms with Gasteiger partial charge in [-0.15, -0.1) is 11.3 Å². The number of morpholine rings is 1. The Morgan fingerprint density at radius 1 is 1.68 bits per heavy atom. The number of aromatic nitrogens is 1. The topological polar surface area (TPSA) is 54.5 Å². The zero-order valence-electron chi connectivity index (χ0n) is 11.5. The van der Waals surface area contributed by atoms with E-state index in [9.17, 15) is 4.79 Å². The predicted octanol–water partition coefficient (Wildman–Crippen LogP) is 1.81. The minimum atomic E-state index is 0.00806. The third-order valence-corrected chi connectivity index (χ3v) is 4.03. The number of nitrogens with one attached hydrogen (secondary N) is 1. The standard InChI is InChI=1S/C13H21N3O2S/c1-3-12-8-16(6-7-18-12)13(17)14-5-4-11-9-19-10(2)15-11/h9,12H,3-8H2,1-2H3,(H,14,17)/t12-/m0/s1. The maximum atomic E-state index is 12.0. The van der Waals surface area contributed by atoms with Crippen molar-refractivity contribution in [3.05, 3.63) is 16.1 Å². The molecule has 1 aliphatic rings. The van der Waals surface area contributed by atoms with Crippen molar-refractivity contribution in [1.82, 2.24) is 15.2 Å². The summed E-state index contributed by atoms with van der Waals surface area (Å²) in [4.78, 5) is 18.2. The quantitative estimate of drug-likeness (QED) is 0.917. The Morgan fingerprint density at radius 3 is 3.21 bits per heavy atom. The fraction of sp³-hybridized carbons (Fsp3) is 0.692. The van der Waals surface area contributed by atoms with Gasteiger partial charge in [-0.1, -0.05) is 6.92 Å². The molecule has 6 heteroatoms. The molecule has 0 radical (unpaired) electrons. The lowest BCUT2D eigenvalue weighted by Crippen LogP contribution is -2.49. The van der Waals surface area contributed by atoms with E-state index in [4.69, 9.17) is 4.74 Å². The number of amides is 2. The average Bonchev–Trinajstić information content (AvgIpc) is 2.84. The molecule has 0 bridgehead atoms. The first-order valence-electron chi connectivity index (χ1n) is 6.74. The van der Waals surface area contributed by atoms with Gasteiger partial charge in [-0.2, -0.15) is 0 Å². The van der Waals surface area contributed by atoms with Crippen LogP contribution in [0.15, 0.2) is 5.38 Å². The highest BCUT2D eigenvalue weighted by molar-refractivity contribution is 7.09. The largest absolute Gasteiger partial charge is 0.375 e. The highest BCUT2D eigenvalue weighted by Crippen LogP contribution is 2.09. The Balaban J connectivity index is 1.72. The van der Waals surface area contributed by atoms with Gasteiger partial charge in [0.15, 0.2) is 0 Å². The van der Waals surface area contributed by atoms with Crippen LogP contribution in [0.3, 0.4) is 0 Å². The first-order chi connectivity index (χ1) is 9.19. The van der Waals surface area contributed by atoms with E-state index in [1.54, 1.807) is 11.3 Å². The Kier molecular flexibility index (Phi) is 5.15. The second-order valence-corrected chi connectivity index (χ2v) is 5.75. The first-order valence-corrected chi connectivity index (χ1v) is 7.62. The summed E-state index contributed by atoms with van der Waals surface area (Å²) in [5, 5.41) is 6.07. The van der Waals surface area contributed by atoms with Gasteiger partial charge in [-0.25, -0.2) is 9.78 Å². The number of hydrogen-bond acceptors (Lipinski definition) is 4. The van der Waals surface area contributed by atoms with Crippen LogP contribution in [0.5, 0.6) is 0 Å². The smallest absolute Gasteiger partial charge is 0.317 e. The van der Waals surface area contributed by atoms with Gasteiger partial charge in [-0.3, -0.25) is 0 Å². The molecule has 1 N–H and O–H groups in total. The number of ether oxygens (including phenoxy) is 1. The maximum Gasteiger partial charge on any atom is 0.317 e. The van der Waals surface area contributed by atoms with Crippen molar-refractivity contribution < 1.29 is 9.53 Å². The Labute approximate surface area is 118 Å². The van der Waals surface area contributed by atoms with Crippen LogP contribution >= 0.6 is 11.3 Å². The average molecular weight is 283 g/mol. The zero-order chi connectivity index (χ0) is 13.7. The molecule has 19 heavy (non-hydrogen) atoms. The number of rotatable bonds is 4. The third-order valence-electron chi connectivity index (χ3n) is 3.21. The number of hydrogen-bond donors (Lipinski definition) is 1. The van der Waals surface area contributed by atoms with Crippen molar-refractivity contribution in [1.29, 1.82) is 0 Å². The van der Waals surface area contributed by atoms with Crippen LogP contribution in [-0.2, 0) is 11.2 Å². The molecule has 2 rings (SSSR count). The summed E-state index contributed by atoms with van der Waals surface area (Å²) >= 11 is 1.64. The minimum absolute atomic E-state index is 0.00806. The highest BCUT2D eigenvalue weighted by atomic mass is 32.1. The van der Waals surface area contributed by atoms with Crippen molar-refractivity contribution >= 4 is 17.4 Å². The number of urea groups is 1. The fourth-order valence-corrected chi connectivity index (χ4v) is 2.73. The summed E-state index contributed by atoms with van der Waals surface area (Å²) < 4.78 is 5.55. The molecule has 1 aliphatic heterocycles. The van der Waals surface area contributed by atoms with Crippen LogP contribution in [0.2, 0.25) is 0 Å². The number of carbonyl (C=O) groups is 1. The van der Waals surface area contributed by atoms with Gasteiger partial charge < -0.3 is 15.0 Å². The molecule has 1 saturated heterocycles. The monoisotopic (exact) mass is 283 g/mol. The molecule has 1 aromatic rings. The van der Waals surface area contributed by atoms with Gasteiger partial charge in [0.25, 0.3) is 0 Å². The summed E-state index contributed by atoms with van der Waals surface area (Å²) in [5.41, 5.74) is 1.05. The SMILES string of the molecule is CC[C@H]1CN(C(=O)NCCc2csc(C)n2)CCO1. The van der Waals surface area contributed by atoms with E-state index in [-0.39, 0.29) is 12.1 Å². The lowest BCUT2D eigenvalue weighted by Gasteiger charge is -2.32. The molecule has 0 aromatic carbocycles. The summed E-state index contributed by atoms with van der Waals surface area (Å²) in [5.74, 6) is 0. The minimum Gasteiger partial charge on any atom is -0.375 e. The van der Waals surface area contributed by atoms with Crippen molar-refractivity contribution in [2.45, 2.75) is 32.8 Å². The van der Waals surface area contributed by atoms with Crippen molar-refractivity contribution in [3.8, 4) is 0 Å². The number of carbonyl (C=O) groups excluding carboxylic acids is 1. The number of aryl methyl sites for hydroxylation is 1. The Morgan fingerprint density at radius 2 is 2.53 bits per heavy atom. The van der Waals surface area contributed by atoms with Crippen molar-refractivity contribution in [2.75, 3.05) is 26.2 Å². The summed E-state index contributed by atoms with van der Waals surface area (Å²) in [6.45, 7) is 6.71. The molecule has 2 amide bonds. The molecule has 1 fully saturated rings. The van der Waals surface area contributed by atoms with Crippen LogP contribution in [0.1, 0.15) is 24.0 Å². The lowest BCUT2D eigenvalue weighted by atomic mass is 10.2. The molecule has 0 unspecified atom stereocenters. The van der Waals surface area contributed by atoms with Crippen LogP contribution in [0, 0.1) is 6.92 Å². The maximum absolute atomic E-state index is 12.0. The molecule has 106 valence electrons. The van der Waals surface area contributed by atoms with Gasteiger partial charge in [0, 0.05) is 31.4 Å². The first kappa shape index (κ1) is 14.3. The normalized spacial score (nSPS) is 19.5. The summed E-state index contributed by atoms with van der Waals surface area (Å²) in [6.07, 6.45) is 1.92. The van der Waals surface area contributed by atoms with Gasteiger partial charge >= 0.3 is 6.03 Å². The summed E-state index contributed by atoms with van der Waals surface area (Å²) in [6, 6.07) is 0.00806. The molecule has 2 heterocycles. The highest BCUT2D eigenvalue weighted by Gasteiger charge is 2.22. The Hall–Kier alpha value is -1.14. The van der Waals surface area contributed by atoms with Gasteiger partial charge in [0.05, 0.1) is 23.4 Å². The Bertz CT molecular complexity index is 422. The van der Waals surface area contributed by atoms with Crippen molar-refractivity contribution in [3.63, 3.8) is 0 Å². The molecule has 0 aliphatic carbocycles. The van der Waals surface area contributed by atoms with Crippen LogP contribution in [-0.4, -0.2) is 48.3 Å².